The number of hydrogen-bond acceptors (Lipinski definition) is 4. The predicted octanol–water partition coefficient (Wildman–Crippen LogP) is 2.46. The molecule has 0 spiro atoms. The van der Waals surface area contributed by atoms with E-state index in [2.05, 4.69) is 4.72 Å². The predicted molar refractivity (Wildman–Crippen MR) is 74.5 cm³/mol. The maximum atomic E-state index is 12.3. The lowest BCUT2D eigenvalue weighted by molar-refractivity contribution is 0.478. The second-order valence-corrected chi connectivity index (χ2v) is 6.73. The molecule has 108 valence electrons. The summed E-state index contributed by atoms with van der Waals surface area (Å²) < 4.78 is 25.3. The van der Waals surface area contributed by atoms with Crippen molar-refractivity contribution < 1.29 is 8.42 Å². The summed E-state index contributed by atoms with van der Waals surface area (Å²) in [6.45, 7) is 3.71. The molecule has 5 nitrogen and oxygen atoms in total. The first-order valence-electron chi connectivity index (χ1n) is 6.77. The van der Waals surface area contributed by atoms with Gasteiger partial charge in [0.05, 0.1) is 18.7 Å². The van der Waals surface area contributed by atoms with Gasteiger partial charge >= 0.3 is 0 Å². The van der Waals surface area contributed by atoms with Crippen molar-refractivity contribution in [1.82, 2.24) is 4.72 Å². The molecule has 1 atom stereocenters. The maximum Gasteiger partial charge on any atom is 0.231 e. The molecule has 0 radical (unpaired) electrons. The molecular formula is C13H23N3O2S. The van der Waals surface area contributed by atoms with Crippen LogP contribution in [0.3, 0.4) is 0 Å². The molecule has 6 heteroatoms. The van der Waals surface area contributed by atoms with Crippen LogP contribution in [0.25, 0.3) is 0 Å². The van der Waals surface area contributed by atoms with Gasteiger partial charge in [-0.2, -0.15) is 15.2 Å². The normalized spacial score (nSPS) is 14.3. The number of nitriles is 2. The van der Waals surface area contributed by atoms with Gasteiger partial charge in [-0.3, -0.25) is 0 Å². The van der Waals surface area contributed by atoms with E-state index in [1.807, 2.05) is 19.9 Å². The smallest absolute Gasteiger partial charge is 0.211 e. The number of hydrogen-bond donors (Lipinski definition) is 1. The van der Waals surface area contributed by atoms with Crippen LogP contribution in [0.15, 0.2) is 0 Å². The molecule has 0 fully saturated rings. The molecule has 0 aliphatic carbocycles. The maximum absolute atomic E-state index is 12.3. The number of nitrogens with zero attached hydrogens (tertiary/aromatic N) is 2. The lowest BCUT2D eigenvalue weighted by atomic mass is 9.96. The molecule has 1 N–H and O–H groups in total. The van der Waals surface area contributed by atoms with Crippen molar-refractivity contribution in [2.75, 3.05) is 6.54 Å². The van der Waals surface area contributed by atoms with Gasteiger partial charge in [0.25, 0.3) is 0 Å². The van der Waals surface area contributed by atoms with Crippen LogP contribution in [0, 0.1) is 22.7 Å². The molecule has 19 heavy (non-hydrogen) atoms. The summed E-state index contributed by atoms with van der Waals surface area (Å²) in [4.78, 5) is 0. The minimum absolute atomic E-state index is 0.286. The molecule has 0 aromatic rings. The van der Waals surface area contributed by atoms with Crippen molar-refractivity contribution in [2.45, 2.75) is 63.5 Å². The molecule has 0 bridgehead atoms. The van der Waals surface area contributed by atoms with Crippen LogP contribution >= 0.6 is 0 Å². The van der Waals surface area contributed by atoms with Gasteiger partial charge in [-0.15, -0.1) is 0 Å². The van der Waals surface area contributed by atoms with Crippen molar-refractivity contribution in [3.63, 3.8) is 0 Å². The Balaban J connectivity index is 5.11. The molecule has 0 amide bonds. The standard InChI is InChI=1S/C13H23N3O2S/c1-3-5-7-9-13(12-15,8-6-4-2)19(17,18)16-11-10-14/h16H,3-9,11H2,1-2H3. The first-order chi connectivity index (χ1) is 8.99. The van der Waals surface area contributed by atoms with E-state index in [1.54, 1.807) is 6.07 Å². The van der Waals surface area contributed by atoms with Gasteiger partial charge in [-0.25, -0.2) is 8.42 Å². The Morgan fingerprint density at radius 3 is 2.11 bits per heavy atom. The van der Waals surface area contributed by atoms with E-state index in [1.165, 1.54) is 0 Å². The minimum Gasteiger partial charge on any atom is -0.211 e. The quantitative estimate of drug-likeness (QED) is 0.493. The molecular weight excluding hydrogens is 262 g/mol. The van der Waals surface area contributed by atoms with Crippen LogP contribution in [0.5, 0.6) is 0 Å². The average Bonchev–Trinajstić information content (AvgIpc) is 2.40. The Morgan fingerprint density at radius 2 is 1.63 bits per heavy atom. The molecule has 0 saturated carbocycles. The number of rotatable bonds is 10. The zero-order valence-electron chi connectivity index (χ0n) is 11.8. The van der Waals surface area contributed by atoms with Crippen LogP contribution in [0.1, 0.15) is 58.8 Å². The summed E-state index contributed by atoms with van der Waals surface area (Å²) in [5, 5.41) is 17.9. The summed E-state index contributed by atoms with van der Waals surface area (Å²) in [6.07, 6.45) is 4.77. The molecule has 0 rings (SSSR count). The van der Waals surface area contributed by atoms with Gasteiger partial charge in [0.2, 0.25) is 10.0 Å². The van der Waals surface area contributed by atoms with Gasteiger partial charge in [0.15, 0.2) is 4.75 Å². The Hall–Kier alpha value is -1.11. The van der Waals surface area contributed by atoms with Crippen LogP contribution in [-0.4, -0.2) is 19.7 Å². The highest BCUT2D eigenvalue weighted by Gasteiger charge is 2.42. The lowest BCUT2D eigenvalue weighted by Crippen LogP contribution is -2.45. The summed E-state index contributed by atoms with van der Waals surface area (Å²) in [5.74, 6) is 0. The fourth-order valence-electron chi connectivity index (χ4n) is 1.95. The van der Waals surface area contributed by atoms with Crippen LogP contribution in [0.4, 0.5) is 0 Å². The van der Waals surface area contributed by atoms with E-state index in [-0.39, 0.29) is 6.54 Å². The van der Waals surface area contributed by atoms with E-state index >= 15 is 0 Å². The fraction of sp³-hybridized carbons (Fsp3) is 0.846. The Bertz CT molecular complexity index is 434. The third kappa shape index (κ3) is 5.18. The number of unbranched alkanes of at least 4 members (excludes halogenated alkanes) is 3. The summed E-state index contributed by atoms with van der Waals surface area (Å²) in [5.41, 5.74) is 0. The van der Waals surface area contributed by atoms with Gasteiger partial charge in [-0.1, -0.05) is 46.0 Å². The molecule has 0 saturated heterocycles. The van der Waals surface area contributed by atoms with Gasteiger partial charge in [-0.05, 0) is 12.8 Å². The zero-order valence-corrected chi connectivity index (χ0v) is 12.6. The average molecular weight is 285 g/mol. The van der Waals surface area contributed by atoms with Crippen molar-refractivity contribution in [1.29, 1.82) is 10.5 Å². The molecule has 0 aromatic heterocycles. The Kier molecular flexibility index (Phi) is 8.38. The van der Waals surface area contributed by atoms with Crippen molar-refractivity contribution in [3.8, 4) is 12.1 Å². The van der Waals surface area contributed by atoms with Crippen LogP contribution < -0.4 is 4.72 Å². The zero-order chi connectivity index (χ0) is 14.8. The van der Waals surface area contributed by atoms with E-state index in [4.69, 9.17) is 5.26 Å². The Labute approximate surface area is 116 Å². The second-order valence-electron chi connectivity index (χ2n) is 4.65. The topological polar surface area (TPSA) is 93.8 Å². The third-order valence-electron chi connectivity index (χ3n) is 3.18. The first kappa shape index (κ1) is 17.9. The molecule has 1 unspecified atom stereocenters. The van der Waals surface area contributed by atoms with E-state index in [9.17, 15) is 13.7 Å². The summed E-state index contributed by atoms with van der Waals surface area (Å²) in [6, 6.07) is 3.74. The highest BCUT2D eigenvalue weighted by molar-refractivity contribution is 7.91. The number of nitrogens with one attached hydrogen (secondary N) is 1. The first-order valence-corrected chi connectivity index (χ1v) is 8.25. The fourth-order valence-corrected chi connectivity index (χ4v) is 3.43. The second kappa shape index (κ2) is 8.90. The van der Waals surface area contributed by atoms with Crippen molar-refractivity contribution in [2.24, 2.45) is 0 Å². The van der Waals surface area contributed by atoms with Crippen molar-refractivity contribution >= 4 is 10.0 Å². The highest BCUT2D eigenvalue weighted by atomic mass is 32.2. The van der Waals surface area contributed by atoms with Crippen LogP contribution in [0.2, 0.25) is 0 Å². The van der Waals surface area contributed by atoms with Gasteiger partial charge in [0, 0.05) is 0 Å². The van der Waals surface area contributed by atoms with E-state index < -0.39 is 14.8 Å². The molecule has 0 aliphatic rings. The van der Waals surface area contributed by atoms with Crippen LogP contribution in [-0.2, 0) is 10.0 Å². The Morgan fingerprint density at radius 1 is 1.05 bits per heavy atom. The number of sulfonamides is 1. The summed E-state index contributed by atoms with van der Waals surface area (Å²) in [7, 11) is -3.78. The molecule has 0 aliphatic heterocycles. The highest BCUT2D eigenvalue weighted by Crippen LogP contribution is 2.29. The summed E-state index contributed by atoms with van der Waals surface area (Å²) >= 11 is 0. The van der Waals surface area contributed by atoms with Gasteiger partial charge < -0.3 is 0 Å². The van der Waals surface area contributed by atoms with Crippen molar-refractivity contribution in [3.05, 3.63) is 0 Å². The van der Waals surface area contributed by atoms with E-state index in [0.29, 0.717) is 25.7 Å². The SMILES string of the molecule is CCCCCC(C#N)(CCCC)S(=O)(=O)NCC#N. The lowest BCUT2D eigenvalue weighted by Gasteiger charge is -2.26. The molecule has 0 aromatic carbocycles. The van der Waals surface area contributed by atoms with E-state index in [0.717, 1.165) is 19.3 Å². The largest absolute Gasteiger partial charge is 0.231 e. The molecule has 0 heterocycles. The minimum atomic E-state index is -3.78. The van der Waals surface area contributed by atoms with Gasteiger partial charge in [0.1, 0.15) is 0 Å². The monoisotopic (exact) mass is 285 g/mol. The third-order valence-corrected chi connectivity index (χ3v) is 5.23.